The standard InChI is InChI=1S/C72H140O17P2/c1-9-65(8)51-43-35-27-21-22-28-36-44-52-69(74)82-58-67(88-72(77)55-47-39-30-20-16-12-14-18-25-33-41-49-63(4)5)60-86-90(78,79)84-56-66(73)57-85-91(80,81)87-61-68(59-83-70(75)53-45-37-31-23-26-34-42-50-64(6)7)89-71(76)54-46-38-29-19-15-11-10-13-17-24-32-40-48-62(2)3/h62-68,73H,9-61H2,1-8H3,(H,78,79)(H,80,81)/t65?,66?,67-,68-/m1/s1. The van der Waals surface area contributed by atoms with Crippen molar-refractivity contribution < 1.29 is 80.2 Å². The zero-order valence-corrected chi connectivity index (χ0v) is 61.3. The van der Waals surface area contributed by atoms with E-state index in [1.165, 1.54) is 154 Å². The Labute approximate surface area is 556 Å². The van der Waals surface area contributed by atoms with Gasteiger partial charge in [0.1, 0.15) is 19.3 Å². The summed E-state index contributed by atoms with van der Waals surface area (Å²) in [6.07, 6.45) is 44.4. The van der Waals surface area contributed by atoms with Crippen molar-refractivity contribution >= 4 is 39.5 Å². The van der Waals surface area contributed by atoms with Crippen LogP contribution in [0.25, 0.3) is 0 Å². The predicted molar refractivity (Wildman–Crippen MR) is 367 cm³/mol. The Balaban J connectivity index is 5.26. The van der Waals surface area contributed by atoms with Crippen LogP contribution in [0, 0.1) is 23.7 Å². The average molecular weight is 1340 g/mol. The van der Waals surface area contributed by atoms with E-state index in [4.69, 9.17) is 37.0 Å². The number of carbonyl (C=O) groups is 4. The van der Waals surface area contributed by atoms with Crippen molar-refractivity contribution in [3.8, 4) is 0 Å². The first-order valence-electron chi connectivity index (χ1n) is 37.2. The van der Waals surface area contributed by atoms with E-state index in [0.717, 1.165) is 114 Å². The maximum absolute atomic E-state index is 13.0. The third kappa shape index (κ3) is 65.1. The van der Waals surface area contributed by atoms with Crippen molar-refractivity contribution in [3.05, 3.63) is 0 Å². The Morgan fingerprint density at radius 1 is 0.308 bits per heavy atom. The fraction of sp³-hybridized carbons (Fsp3) is 0.944. The largest absolute Gasteiger partial charge is 0.472 e. The first-order valence-corrected chi connectivity index (χ1v) is 40.2. The zero-order chi connectivity index (χ0) is 67.5. The van der Waals surface area contributed by atoms with Crippen LogP contribution in [-0.4, -0.2) is 96.7 Å². The number of hydrogen-bond acceptors (Lipinski definition) is 15. The summed E-state index contributed by atoms with van der Waals surface area (Å²) in [7, 11) is -9.91. The molecule has 0 aromatic rings. The molecule has 91 heavy (non-hydrogen) atoms. The molecule has 0 bridgehead atoms. The lowest BCUT2D eigenvalue weighted by Gasteiger charge is -2.21. The number of phosphoric ester groups is 2. The van der Waals surface area contributed by atoms with Gasteiger partial charge in [0.05, 0.1) is 26.4 Å². The molecule has 0 aliphatic carbocycles. The molecule has 0 aromatic heterocycles. The van der Waals surface area contributed by atoms with Gasteiger partial charge in [0.2, 0.25) is 0 Å². The van der Waals surface area contributed by atoms with Crippen LogP contribution in [-0.2, 0) is 65.4 Å². The summed E-state index contributed by atoms with van der Waals surface area (Å²) in [5.41, 5.74) is 0. The van der Waals surface area contributed by atoms with E-state index in [2.05, 4.69) is 55.4 Å². The molecule has 0 aromatic carbocycles. The highest BCUT2D eigenvalue weighted by atomic mass is 31.2. The highest BCUT2D eigenvalue weighted by Gasteiger charge is 2.30. The van der Waals surface area contributed by atoms with Gasteiger partial charge in [-0.25, -0.2) is 9.13 Å². The van der Waals surface area contributed by atoms with Crippen LogP contribution in [0.4, 0.5) is 0 Å². The second kappa shape index (κ2) is 61.6. The molecule has 0 amide bonds. The van der Waals surface area contributed by atoms with Crippen LogP contribution >= 0.6 is 15.6 Å². The van der Waals surface area contributed by atoms with Crippen LogP contribution in [0.1, 0.15) is 357 Å². The van der Waals surface area contributed by atoms with E-state index in [-0.39, 0.29) is 25.7 Å². The van der Waals surface area contributed by atoms with Gasteiger partial charge in [-0.05, 0) is 49.4 Å². The molecule has 0 aliphatic rings. The summed E-state index contributed by atoms with van der Waals surface area (Å²) < 4.78 is 68.4. The normalized spacial score (nSPS) is 14.5. The second-order valence-electron chi connectivity index (χ2n) is 27.6. The fourth-order valence-corrected chi connectivity index (χ4v) is 12.4. The van der Waals surface area contributed by atoms with Crippen molar-refractivity contribution in [2.45, 2.75) is 375 Å². The van der Waals surface area contributed by atoms with Gasteiger partial charge in [-0.3, -0.25) is 37.3 Å². The number of unbranched alkanes of at least 4 members (excludes halogenated alkanes) is 34. The molecule has 0 saturated heterocycles. The fourth-order valence-electron chi connectivity index (χ4n) is 10.8. The van der Waals surface area contributed by atoms with Crippen LogP contribution in [0.15, 0.2) is 0 Å². The van der Waals surface area contributed by atoms with Crippen molar-refractivity contribution in [3.63, 3.8) is 0 Å². The molecule has 0 aliphatic heterocycles. The summed E-state index contributed by atoms with van der Waals surface area (Å²) in [5.74, 6) is 0.898. The molecule has 4 unspecified atom stereocenters. The molecule has 0 spiro atoms. The Morgan fingerprint density at radius 2 is 0.527 bits per heavy atom. The molecule has 0 rings (SSSR count). The number of aliphatic hydroxyl groups excluding tert-OH is 1. The maximum atomic E-state index is 13.0. The van der Waals surface area contributed by atoms with Crippen molar-refractivity contribution in [2.24, 2.45) is 23.7 Å². The SMILES string of the molecule is CCC(C)CCCCCCCCCCC(=O)OC[C@H](COP(=O)(O)OCC(O)COP(=O)(O)OC[C@@H](COC(=O)CCCCCCCCCC(C)C)OC(=O)CCCCCCCCCCCCCCC(C)C)OC(=O)CCCCCCCCCCCCCC(C)C. The van der Waals surface area contributed by atoms with Gasteiger partial charge in [0, 0.05) is 25.7 Å². The summed E-state index contributed by atoms with van der Waals surface area (Å²) in [5, 5.41) is 10.6. The average Bonchev–Trinajstić information content (AvgIpc) is 3.71. The smallest absolute Gasteiger partial charge is 0.462 e. The third-order valence-corrected chi connectivity index (χ3v) is 18.8. The van der Waals surface area contributed by atoms with E-state index in [1.54, 1.807) is 0 Å². The lowest BCUT2D eigenvalue weighted by molar-refractivity contribution is -0.161. The van der Waals surface area contributed by atoms with Crippen LogP contribution in [0.3, 0.4) is 0 Å². The summed E-state index contributed by atoms with van der Waals surface area (Å²) in [6, 6.07) is 0. The van der Waals surface area contributed by atoms with Crippen molar-refractivity contribution in [1.29, 1.82) is 0 Å². The molecule has 19 heteroatoms. The number of carbonyl (C=O) groups excluding carboxylic acids is 4. The van der Waals surface area contributed by atoms with E-state index in [9.17, 15) is 43.2 Å². The minimum absolute atomic E-state index is 0.105. The molecule has 0 saturated carbocycles. The van der Waals surface area contributed by atoms with Crippen LogP contribution < -0.4 is 0 Å². The van der Waals surface area contributed by atoms with Crippen LogP contribution in [0.5, 0.6) is 0 Å². The summed E-state index contributed by atoms with van der Waals surface area (Å²) in [4.78, 5) is 72.6. The first-order chi connectivity index (χ1) is 43.6. The minimum atomic E-state index is -4.95. The first kappa shape index (κ1) is 89.1. The number of aliphatic hydroxyl groups is 1. The molecule has 3 N–H and O–H groups in total. The summed E-state index contributed by atoms with van der Waals surface area (Å²) in [6.45, 7) is 14.1. The maximum Gasteiger partial charge on any atom is 0.472 e. The molecule has 0 heterocycles. The Hall–Kier alpha value is -1.94. The van der Waals surface area contributed by atoms with E-state index in [0.29, 0.717) is 31.6 Å². The van der Waals surface area contributed by atoms with Gasteiger partial charge < -0.3 is 33.8 Å². The number of hydrogen-bond donors (Lipinski definition) is 3. The predicted octanol–water partition coefficient (Wildman–Crippen LogP) is 20.5. The molecular formula is C72H140O17P2. The Bertz CT molecular complexity index is 1800. The Kier molecular flexibility index (Phi) is 60.3. The number of rotatable bonds is 69. The quantitative estimate of drug-likeness (QED) is 0.0222. The van der Waals surface area contributed by atoms with Gasteiger partial charge in [-0.1, -0.05) is 306 Å². The van der Waals surface area contributed by atoms with Gasteiger partial charge in [0.15, 0.2) is 12.2 Å². The second-order valence-corrected chi connectivity index (χ2v) is 30.6. The van der Waals surface area contributed by atoms with Crippen molar-refractivity contribution in [1.82, 2.24) is 0 Å². The molecular weight excluding hydrogens is 1200 g/mol. The lowest BCUT2D eigenvalue weighted by Crippen LogP contribution is -2.30. The van der Waals surface area contributed by atoms with Gasteiger partial charge in [-0.2, -0.15) is 0 Å². The third-order valence-electron chi connectivity index (χ3n) is 16.9. The zero-order valence-electron chi connectivity index (χ0n) is 59.5. The highest BCUT2D eigenvalue weighted by Crippen LogP contribution is 2.45. The van der Waals surface area contributed by atoms with Gasteiger partial charge >= 0.3 is 39.5 Å². The molecule has 540 valence electrons. The van der Waals surface area contributed by atoms with Crippen molar-refractivity contribution in [2.75, 3.05) is 39.6 Å². The van der Waals surface area contributed by atoms with E-state index < -0.39 is 97.5 Å². The van der Waals surface area contributed by atoms with Crippen LogP contribution in [0.2, 0.25) is 0 Å². The van der Waals surface area contributed by atoms with E-state index in [1.807, 2.05) is 0 Å². The highest BCUT2D eigenvalue weighted by molar-refractivity contribution is 7.47. The monoisotopic (exact) mass is 1340 g/mol. The van der Waals surface area contributed by atoms with E-state index >= 15 is 0 Å². The molecule has 0 fully saturated rings. The molecule has 0 radical (unpaired) electrons. The molecule has 6 atom stereocenters. The lowest BCUT2D eigenvalue weighted by atomic mass is 9.99. The molecule has 17 nitrogen and oxygen atoms in total. The number of phosphoric acid groups is 2. The summed E-state index contributed by atoms with van der Waals surface area (Å²) >= 11 is 0. The number of ether oxygens (including phenoxy) is 4. The topological polar surface area (TPSA) is 237 Å². The minimum Gasteiger partial charge on any atom is -0.462 e. The number of esters is 4. The van der Waals surface area contributed by atoms with Gasteiger partial charge in [0.25, 0.3) is 0 Å². The Morgan fingerprint density at radius 3 is 0.780 bits per heavy atom. The van der Waals surface area contributed by atoms with Gasteiger partial charge in [-0.15, -0.1) is 0 Å².